The van der Waals surface area contributed by atoms with E-state index in [1.807, 2.05) is 18.9 Å². The fraction of sp³-hybridized carbons (Fsp3) is 0.722. The number of nitrogens with one attached hydrogen (secondary N) is 2. The van der Waals surface area contributed by atoms with E-state index >= 15 is 0 Å². The highest BCUT2D eigenvalue weighted by atomic mass is 127. The number of aromatic nitrogens is 1. The van der Waals surface area contributed by atoms with Gasteiger partial charge in [0.25, 0.3) is 0 Å². The van der Waals surface area contributed by atoms with E-state index in [1.165, 1.54) is 32.1 Å². The standard InChI is InChI=1S/C18H31N5OS.HI/c1-14-22-16(13-25-14)12-23(3)18(19-2)21-10-9-20-17(24)11-15-7-5-4-6-8-15;/h13,15H,4-12H2,1-3H3,(H,19,21)(H,20,24);1H. The average Bonchev–Trinajstić information content (AvgIpc) is 3.00. The molecule has 2 N–H and O–H groups in total. The molecule has 0 saturated heterocycles. The van der Waals surface area contributed by atoms with E-state index in [1.54, 1.807) is 18.4 Å². The second kappa shape index (κ2) is 12.5. The minimum absolute atomic E-state index is 0. The van der Waals surface area contributed by atoms with Crippen molar-refractivity contribution in [2.75, 3.05) is 27.2 Å². The van der Waals surface area contributed by atoms with Crippen molar-refractivity contribution in [1.29, 1.82) is 0 Å². The van der Waals surface area contributed by atoms with E-state index in [0.717, 1.165) is 23.2 Å². The summed E-state index contributed by atoms with van der Waals surface area (Å²) < 4.78 is 0. The van der Waals surface area contributed by atoms with Crippen LogP contribution in [0.25, 0.3) is 0 Å². The summed E-state index contributed by atoms with van der Waals surface area (Å²) in [6.07, 6.45) is 6.98. The van der Waals surface area contributed by atoms with Gasteiger partial charge in [0.15, 0.2) is 5.96 Å². The number of rotatable bonds is 7. The van der Waals surface area contributed by atoms with Crippen molar-refractivity contribution in [3.05, 3.63) is 16.1 Å². The molecule has 1 aromatic heterocycles. The summed E-state index contributed by atoms with van der Waals surface area (Å²) in [5, 5.41) is 9.46. The second-order valence-electron chi connectivity index (χ2n) is 6.75. The largest absolute Gasteiger partial charge is 0.354 e. The fourth-order valence-corrected chi connectivity index (χ4v) is 3.89. The molecule has 0 aliphatic heterocycles. The minimum Gasteiger partial charge on any atom is -0.354 e. The lowest BCUT2D eigenvalue weighted by Gasteiger charge is -2.22. The molecule has 148 valence electrons. The number of halogens is 1. The Hall–Kier alpha value is -0.900. The number of hydrogen-bond acceptors (Lipinski definition) is 4. The Morgan fingerprint density at radius 3 is 2.62 bits per heavy atom. The summed E-state index contributed by atoms with van der Waals surface area (Å²) in [6, 6.07) is 0. The number of amides is 1. The maximum atomic E-state index is 12.0. The van der Waals surface area contributed by atoms with Crippen molar-refractivity contribution >= 4 is 47.2 Å². The Balaban J connectivity index is 0.00000338. The number of aliphatic imine (C=N–C) groups is 1. The lowest BCUT2D eigenvalue weighted by Crippen LogP contribution is -2.42. The molecular weight excluding hydrogens is 461 g/mol. The maximum absolute atomic E-state index is 12.0. The number of hydrogen-bond donors (Lipinski definition) is 2. The van der Waals surface area contributed by atoms with Gasteiger partial charge in [-0.25, -0.2) is 4.98 Å². The molecule has 0 bridgehead atoms. The first-order chi connectivity index (χ1) is 12.1. The molecule has 2 rings (SSSR count). The molecule has 1 heterocycles. The molecular formula is C18H32IN5OS. The SMILES string of the molecule is CN=C(NCCNC(=O)CC1CCCCC1)N(C)Cc1csc(C)n1.I. The van der Waals surface area contributed by atoms with Gasteiger partial charge in [0.2, 0.25) is 5.91 Å². The molecule has 8 heteroatoms. The van der Waals surface area contributed by atoms with Crippen LogP contribution in [-0.4, -0.2) is 48.9 Å². The Morgan fingerprint density at radius 1 is 1.31 bits per heavy atom. The summed E-state index contributed by atoms with van der Waals surface area (Å²) >= 11 is 1.66. The first-order valence-electron chi connectivity index (χ1n) is 9.18. The minimum atomic E-state index is 0. The molecule has 1 amide bonds. The molecule has 0 aromatic carbocycles. The Bertz CT molecular complexity index is 572. The summed E-state index contributed by atoms with van der Waals surface area (Å²) in [7, 11) is 3.76. The van der Waals surface area contributed by atoms with Crippen molar-refractivity contribution in [3.63, 3.8) is 0 Å². The molecule has 0 radical (unpaired) electrons. The van der Waals surface area contributed by atoms with E-state index in [2.05, 4.69) is 26.0 Å². The number of thiazole rings is 1. The summed E-state index contributed by atoms with van der Waals surface area (Å²) in [5.74, 6) is 1.57. The number of carbonyl (C=O) groups excluding carboxylic acids is 1. The van der Waals surface area contributed by atoms with Crippen LogP contribution in [-0.2, 0) is 11.3 Å². The molecule has 26 heavy (non-hydrogen) atoms. The third kappa shape index (κ3) is 8.20. The van der Waals surface area contributed by atoms with Crippen LogP contribution >= 0.6 is 35.3 Å². The Labute approximate surface area is 178 Å². The number of aryl methyl sites for hydroxylation is 1. The van der Waals surface area contributed by atoms with Gasteiger partial charge in [0.05, 0.1) is 17.2 Å². The predicted molar refractivity (Wildman–Crippen MR) is 119 cm³/mol. The zero-order chi connectivity index (χ0) is 18.1. The van der Waals surface area contributed by atoms with E-state index in [9.17, 15) is 4.79 Å². The lowest BCUT2D eigenvalue weighted by molar-refractivity contribution is -0.122. The van der Waals surface area contributed by atoms with E-state index < -0.39 is 0 Å². The number of carbonyl (C=O) groups is 1. The van der Waals surface area contributed by atoms with Crippen LogP contribution in [0.4, 0.5) is 0 Å². The van der Waals surface area contributed by atoms with Gasteiger partial charge in [-0.1, -0.05) is 19.3 Å². The first-order valence-corrected chi connectivity index (χ1v) is 10.1. The van der Waals surface area contributed by atoms with Crippen LogP contribution in [0, 0.1) is 12.8 Å². The lowest BCUT2D eigenvalue weighted by atomic mass is 9.87. The molecule has 0 atom stereocenters. The monoisotopic (exact) mass is 493 g/mol. The summed E-state index contributed by atoms with van der Waals surface area (Å²) in [4.78, 5) is 22.8. The van der Waals surface area contributed by atoms with Crippen molar-refractivity contribution in [2.24, 2.45) is 10.9 Å². The van der Waals surface area contributed by atoms with Crippen molar-refractivity contribution in [1.82, 2.24) is 20.5 Å². The van der Waals surface area contributed by atoms with E-state index in [0.29, 0.717) is 25.4 Å². The molecule has 0 spiro atoms. The van der Waals surface area contributed by atoms with Crippen LogP contribution in [0.3, 0.4) is 0 Å². The van der Waals surface area contributed by atoms with Crippen LogP contribution in [0.15, 0.2) is 10.4 Å². The topological polar surface area (TPSA) is 69.6 Å². The van der Waals surface area contributed by atoms with Gasteiger partial charge in [-0.2, -0.15) is 0 Å². The quantitative estimate of drug-likeness (QED) is 0.265. The third-order valence-electron chi connectivity index (χ3n) is 4.57. The van der Waals surface area contributed by atoms with Gasteiger partial charge in [0.1, 0.15) is 0 Å². The van der Waals surface area contributed by atoms with Crippen molar-refractivity contribution < 1.29 is 4.79 Å². The highest BCUT2D eigenvalue weighted by Crippen LogP contribution is 2.25. The Morgan fingerprint density at radius 2 is 2.00 bits per heavy atom. The highest BCUT2D eigenvalue weighted by molar-refractivity contribution is 14.0. The smallest absolute Gasteiger partial charge is 0.220 e. The molecule has 1 aliphatic rings. The third-order valence-corrected chi connectivity index (χ3v) is 5.39. The van der Waals surface area contributed by atoms with Gasteiger partial charge >= 0.3 is 0 Å². The van der Waals surface area contributed by atoms with Crippen LogP contribution in [0.1, 0.15) is 49.2 Å². The van der Waals surface area contributed by atoms with Gasteiger partial charge in [-0.15, -0.1) is 35.3 Å². The second-order valence-corrected chi connectivity index (χ2v) is 7.81. The molecule has 0 unspecified atom stereocenters. The van der Waals surface area contributed by atoms with Gasteiger partial charge in [-0.3, -0.25) is 9.79 Å². The van der Waals surface area contributed by atoms with Gasteiger partial charge < -0.3 is 15.5 Å². The van der Waals surface area contributed by atoms with Crippen LogP contribution in [0.2, 0.25) is 0 Å². The number of nitrogens with zero attached hydrogens (tertiary/aromatic N) is 3. The maximum Gasteiger partial charge on any atom is 0.220 e. The van der Waals surface area contributed by atoms with Crippen molar-refractivity contribution in [3.8, 4) is 0 Å². The van der Waals surface area contributed by atoms with Crippen LogP contribution in [0.5, 0.6) is 0 Å². The van der Waals surface area contributed by atoms with E-state index in [4.69, 9.17) is 0 Å². The first kappa shape index (κ1) is 23.1. The molecule has 1 aromatic rings. The zero-order valence-electron chi connectivity index (χ0n) is 16.1. The number of guanidine groups is 1. The van der Waals surface area contributed by atoms with Gasteiger partial charge in [-0.05, 0) is 25.7 Å². The molecule has 6 nitrogen and oxygen atoms in total. The average molecular weight is 493 g/mol. The summed E-state index contributed by atoms with van der Waals surface area (Å²) in [6.45, 7) is 4.02. The fourth-order valence-electron chi connectivity index (χ4n) is 3.29. The van der Waals surface area contributed by atoms with Crippen molar-refractivity contribution in [2.45, 2.75) is 52.0 Å². The molecule has 1 fully saturated rings. The van der Waals surface area contributed by atoms with Crippen LogP contribution < -0.4 is 10.6 Å². The zero-order valence-corrected chi connectivity index (χ0v) is 19.2. The molecule has 1 saturated carbocycles. The normalized spacial score (nSPS) is 15.3. The van der Waals surface area contributed by atoms with Gasteiger partial charge in [0, 0.05) is 39.0 Å². The highest BCUT2D eigenvalue weighted by Gasteiger charge is 2.16. The Kier molecular flexibility index (Phi) is 11.1. The summed E-state index contributed by atoms with van der Waals surface area (Å²) in [5.41, 5.74) is 1.05. The van der Waals surface area contributed by atoms with E-state index in [-0.39, 0.29) is 29.9 Å². The molecule has 1 aliphatic carbocycles. The predicted octanol–water partition coefficient (Wildman–Crippen LogP) is 3.16.